The summed E-state index contributed by atoms with van der Waals surface area (Å²) in [5.41, 5.74) is 2.21. The van der Waals surface area contributed by atoms with Crippen molar-refractivity contribution in [3.63, 3.8) is 0 Å². The van der Waals surface area contributed by atoms with Crippen molar-refractivity contribution < 1.29 is 17.9 Å². The molecule has 10 heteroatoms. The van der Waals surface area contributed by atoms with Gasteiger partial charge in [0, 0.05) is 43.1 Å². The molecule has 172 valence electrons. The van der Waals surface area contributed by atoms with Gasteiger partial charge in [-0.3, -0.25) is 10.1 Å². The first-order chi connectivity index (χ1) is 15.3. The maximum Gasteiger partial charge on any atom is 0.257 e. The second-order valence-corrected chi connectivity index (χ2v) is 9.87. The van der Waals surface area contributed by atoms with Crippen LogP contribution >= 0.6 is 12.2 Å². The van der Waals surface area contributed by atoms with E-state index >= 15 is 0 Å². The van der Waals surface area contributed by atoms with Crippen LogP contribution in [-0.2, 0) is 10.0 Å². The number of nitrogens with zero attached hydrogens (tertiary/aromatic N) is 2. The Balaban J connectivity index is 1.52. The molecule has 32 heavy (non-hydrogen) atoms. The number of carbonyl (C=O) groups is 1. The summed E-state index contributed by atoms with van der Waals surface area (Å²) in [7, 11) is -3.15. The largest absolute Gasteiger partial charge is 0.494 e. The molecule has 0 spiro atoms. The standard InChI is InChI=1S/C22H28N4O4S2/c1-3-15-30-20-6-4-5-17(16-20)21(27)24-22(31)23-18-7-9-19(10-8-18)25-11-13-26(14-12-25)32(2,28)29/h4-10,16H,3,11-15H2,1-2H3,(H2,23,24,27,31). The van der Waals surface area contributed by atoms with E-state index in [4.69, 9.17) is 17.0 Å². The van der Waals surface area contributed by atoms with Crippen LogP contribution in [0.15, 0.2) is 48.5 Å². The minimum absolute atomic E-state index is 0.199. The summed E-state index contributed by atoms with van der Waals surface area (Å²) < 4.78 is 30.4. The lowest BCUT2D eigenvalue weighted by Crippen LogP contribution is -2.48. The van der Waals surface area contributed by atoms with Crippen molar-refractivity contribution in [2.24, 2.45) is 0 Å². The maximum atomic E-state index is 12.5. The summed E-state index contributed by atoms with van der Waals surface area (Å²) >= 11 is 5.27. The van der Waals surface area contributed by atoms with E-state index in [2.05, 4.69) is 15.5 Å². The second-order valence-electron chi connectivity index (χ2n) is 7.48. The number of hydrogen-bond donors (Lipinski definition) is 2. The van der Waals surface area contributed by atoms with Gasteiger partial charge in [-0.05, 0) is 61.1 Å². The monoisotopic (exact) mass is 476 g/mol. The van der Waals surface area contributed by atoms with Crippen LogP contribution in [0.25, 0.3) is 0 Å². The van der Waals surface area contributed by atoms with Gasteiger partial charge in [0.05, 0.1) is 12.9 Å². The van der Waals surface area contributed by atoms with Gasteiger partial charge in [-0.25, -0.2) is 8.42 Å². The average Bonchev–Trinajstić information content (AvgIpc) is 2.78. The summed E-state index contributed by atoms with van der Waals surface area (Å²) in [6.07, 6.45) is 2.13. The number of sulfonamides is 1. The molecule has 3 rings (SSSR count). The van der Waals surface area contributed by atoms with E-state index in [0.717, 1.165) is 17.8 Å². The highest BCUT2D eigenvalue weighted by atomic mass is 32.2. The van der Waals surface area contributed by atoms with Crippen LogP contribution in [0.4, 0.5) is 11.4 Å². The topological polar surface area (TPSA) is 91.0 Å². The molecule has 1 aliphatic rings. The van der Waals surface area contributed by atoms with E-state index < -0.39 is 10.0 Å². The van der Waals surface area contributed by atoms with Crippen LogP contribution in [0.2, 0.25) is 0 Å². The summed E-state index contributed by atoms with van der Waals surface area (Å²) in [4.78, 5) is 14.6. The molecule has 8 nitrogen and oxygen atoms in total. The van der Waals surface area contributed by atoms with Gasteiger partial charge in [0.2, 0.25) is 10.0 Å². The van der Waals surface area contributed by atoms with Crippen LogP contribution in [0.5, 0.6) is 5.75 Å². The van der Waals surface area contributed by atoms with Crippen molar-refractivity contribution in [3.8, 4) is 5.75 Å². The number of piperazine rings is 1. The van der Waals surface area contributed by atoms with Crippen LogP contribution in [0.1, 0.15) is 23.7 Å². The van der Waals surface area contributed by atoms with Crippen molar-refractivity contribution in [3.05, 3.63) is 54.1 Å². The lowest BCUT2D eigenvalue weighted by Gasteiger charge is -2.34. The number of thiocarbonyl (C=S) groups is 1. The van der Waals surface area contributed by atoms with Crippen molar-refractivity contribution in [2.45, 2.75) is 13.3 Å². The summed E-state index contributed by atoms with van der Waals surface area (Å²) in [5, 5.41) is 5.89. The first-order valence-electron chi connectivity index (χ1n) is 10.4. The minimum atomic E-state index is -3.15. The van der Waals surface area contributed by atoms with Crippen molar-refractivity contribution >= 4 is 44.6 Å². The number of hydrogen-bond acceptors (Lipinski definition) is 6. The highest BCUT2D eigenvalue weighted by Gasteiger charge is 2.23. The molecule has 2 N–H and O–H groups in total. The molecule has 1 saturated heterocycles. The molecule has 0 atom stereocenters. The van der Waals surface area contributed by atoms with Crippen molar-refractivity contribution in [2.75, 3.05) is 49.3 Å². The number of amides is 1. The van der Waals surface area contributed by atoms with E-state index in [-0.39, 0.29) is 11.0 Å². The highest BCUT2D eigenvalue weighted by molar-refractivity contribution is 7.88. The molecule has 0 aliphatic carbocycles. The molecule has 0 unspecified atom stereocenters. The van der Waals surface area contributed by atoms with Gasteiger partial charge in [-0.2, -0.15) is 4.31 Å². The SMILES string of the molecule is CCCOc1cccc(C(=O)NC(=S)Nc2ccc(N3CCN(S(C)(=O)=O)CC3)cc2)c1. The Kier molecular flexibility index (Phi) is 8.05. The Labute approximate surface area is 194 Å². The Bertz CT molecular complexity index is 1050. The van der Waals surface area contributed by atoms with Gasteiger partial charge in [0.15, 0.2) is 5.11 Å². The normalized spacial score (nSPS) is 14.6. The zero-order valence-electron chi connectivity index (χ0n) is 18.2. The average molecular weight is 477 g/mol. The fourth-order valence-electron chi connectivity index (χ4n) is 3.32. The molecule has 1 fully saturated rings. The predicted octanol–water partition coefficient (Wildman–Crippen LogP) is 2.68. The third-order valence-corrected chi connectivity index (χ3v) is 6.50. The number of rotatable bonds is 7. The van der Waals surface area contributed by atoms with E-state index in [0.29, 0.717) is 44.1 Å². The fourth-order valence-corrected chi connectivity index (χ4v) is 4.36. The number of ether oxygens (including phenoxy) is 1. The third-order valence-electron chi connectivity index (χ3n) is 4.99. The Morgan fingerprint density at radius 1 is 1.09 bits per heavy atom. The van der Waals surface area contributed by atoms with Crippen molar-refractivity contribution in [1.29, 1.82) is 0 Å². The molecule has 1 amide bonds. The second kappa shape index (κ2) is 10.8. The summed E-state index contributed by atoms with van der Waals surface area (Å²) in [6, 6.07) is 14.6. The van der Waals surface area contributed by atoms with E-state index in [1.807, 2.05) is 37.3 Å². The molecule has 0 saturated carbocycles. The molecule has 1 aliphatic heterocycles. The predicted molar refractivity (Wildman–Crippen MR) is 131 cm³/mol. The molecule has 0 bridgehead atoms. The Morgan fingerprint density at radius 2 is 1.78 bits per heavy atom. The van der Waals surface area contributed by atoms with Gasteiger partial charge in [-0.1, -0.05) is 13.0 Å². The Morgan fingerprint density at radius 3 is 2.41 bits per heavy atom. The number of nitrogens with one attached hydrogen (secondary N) is 2. The van der Waals surface area contributed by atoms with Gasteiger partial charge in [0.25, 0.3) is 5.91 Å². The van der Waals surface area contributed by atoms with E-state index in [9.17, 15) is 13.2 Å². The van der Waals surface area contributed by atoms with Crippen LogP contribution in [-0.4, -0.2) is 62.8 Å². The number of benzene rings is 2. The zero-order valence-corrected chi connectivity index (χ0v) is 19.8. The minimum Gasteiger partial charge on any atom is -0.494 e. The maximum absolute atomic E-state index is 12.5. The van der Waals surface area contributed by atoms with Crippen LogP contribution in [0.3, 0.4) is 0 Å². The van der Waals surface area contributed by atoms with Gasteiger partial charge in [-0.15, -0.1) is 0 Å². The quantitative estimate of drug-likeness (QED) is 0.594. The van der Waals surface area contributed by atoms with Gasteiger partial charge < -0.3 is 15.0 Å². The highest BCUT2D eigenvalue weighted by Crippen LogP contribution is 2.20. The fraction of sp³-hybridized carbons (Fsp3) is 0.364. The molecule has 1 heterocycles. The number of anilines is 2. The summed E-state index contributed by atoms with van der Waals surface area (Å²) in [6.45, 7) is 4.82. The van der Waals surface area contributed by atoms with E-state index in [1.165, 1.54) is 10.6 Å². The lowest BCUT2D eigenvalue weighted by molar-refractivity contribution is 0.0977. The molecule has 0 radical (unpaired) electrons. The first kappa shape index (κ1) is 24.0. The molecule has 2 aromatic rings. The zero-order chi connectivity index (χ0) is 23.1. The van der Waals surface area contributed by atoms with Gasteiger partial charge >= 0.3 is 0 Å². The third kappa shape index (κ3) is 6.65. The van der Waals surface area contributed by atoms with Gasteiger partial charge in [0.1, 0.15) is 5.75 Å². The Hall–Kier alpha value is -2.69. The first-order valence-corrected chi connectivity index (χ1v) is 12.7. The smallest absolute Gasteiger partial charge is 0.257 e. The number of carbonyl (C=O) groups excluding carboxylic acids is 1. The molecule has 2 aromatic carbocycles. The molecular weight excluding hydrogens is 448 g/mol. The lowest BCUT2D eigenvalue weighted by atomic mass is 10.2. The van der Waals surface area contributed by atoms with Crippen molar-refractivity contribution in [1.82, 2.24) is 9.62 Å². The van der Waals surface area contributed by atoms with Crippen LogP contribution < -0.4 is 20.3 Å². The van der Waals surface area contributed by atoms with Crippen LogP contribution in [0, 0.1) is 0 Å². The summed E-state index contributed by atoms with van der Waals surface area (Å²) in [5.74, 6) is 0.330. The molecular formula is C22H28N4O4S2. The molecule has 0 aromatic heterocycles. The van der Waals surface area contributed by atoms with E-state index in [1.54, 1.807) is 18.2 Å².